The van der Waals surface area contributed by atoms with E-state index in [1.807, 2.05) is 20.2 Å². The molecule has 0 aliphatic carbocycles. The molecule has 9 heteroatoms. The summed E-state index contributed by atoms with van der Waals surface area (Å²) < 4.78 is 0.364. The van der Waals surface area contributed by atoms with Gasteiger partial charge in [0, 0.05) is 5.75 Å². The fraction of sp³-hybridized carbons (Fsp3) is 0.600. The molecule has 2 rings (SSSR count). The van der Waals surface area contributed by atoms with E-state index in [0.717, 1.165) is 0 Å². The number of carboxylic acid groups (broad SMARTS) is 1. The predicted octanol–water partition coefficient (Wildman–Crippen LogP) is -1.45. The highest BCUT2D eigenvalue weighted by molar-refractivity contribution is 8.00. The van der Waals surface area contributed by atoms with E-state index >= 15 is 0 Å². The van der Waals surface area contributed by atoms with Crippen LogP contribution in [0.1, 0.15) is 0 Å². The Morgan fingerprint density at radius 3 is 2.62 bits per heavy atom. The minimum Gasteiger partial charge on any atom is -0.477 e. The van der Waals surface area contributed by atoms with Gasteiger partial charge in [-0.05, 0) is 11.6 Å². The van der Waals surface area contributed by atoms with E-state index in [4.69, 9.17) is 5.73 Å². The summed E-state index contributed by atoms with van der Waals surface area (Å²) in [6.45, 7) is 0.222. The van der Waals surface area contributed by atoms with Crippen LogP contribution in [0.5, 0.6) is 0 Å². The number of allylic oxidation sites excluding steroid dienone is 1. The number of aliphatic hydroxyl groups is 2. The summed E-state index contributed by atoms with van der Waals surface area (Å²) in [5.74, 6) is -1.04. The molecule has 0 aromatic heterocycles. The predicted molar refractivity (Wildman–Crippen MR) is 89.8 cm³/mol. The van der Waals surface area contributed by atoms with Crippen LogP contribution in [0, 0.1) is 0 Å². The molecular weight excluding hydrogens is 334 g/mol. The molecule has 134 valence electrons. The van der Waals surface area contributed by atoms with E-state index in [1.165, 1.54) is 16.7 Å². The second-order valence-corrected chi connectivity index (χ2v) is 7.60. The lowest BCUT2D eigenvalue weighted by molar-refractivity contribution is -0.910. The number of amides is 1. The number of nitrogens with two attached hydrogens (primary N) is 1. The molecule has 1 fully saturated rings. The number of carboxylic acids is 1. The van der Waals surface area contributed by atoms with Crippen molar-refractivity contribution in [2.75, 3.05) is 39.6 Å². The van der Waals surface area contributed by atoms with Crippen molar-refractivity contribution in [2.45, 2.75) is 17.5 Å². The van der Waals surface area contributed by atoms with Crippen LogP contribution in [-0.4, -0.2) is 93.6 Å². The molecule has 8 nitrogen and oxygen atoms in total. The highest BCUT2D eigenvalue weighted by Crippen LogP contribution is 2.39. The molecular formula is C15H24N3O5S+. The van der Waals surface area contributed by atoms with Gasteiger partial charge in [0.15, 0.2) is 0 Å². The maximum Gasteiger partial charge on any atom is 0.352 e. The summed E-state index contributed by atoms with van der Waals surface area (Å²) in [6.07, 6.45) is 3.51. The largest absolute Gasteiger partial charge is 0.477 e. The van der Waals surface area contributed by atoms with Gasteiger partial charge >= 0.3 is 5.97 Å². The van der Waals surface area contributed by atoms with Gasteiger partial charge in [-0.1, -0.05) is 6.08 Å². The SMILES string of the molecule is C[N+](C)(C/C=C/C1=C(C(=O)O)N2C(=O)[C@@H](N)[C@H]2SC1)C(CO)CO. The molecule has 0 aromatic rings. The van der Waals surface area contributed by atoms with Crippen molar-refractivity contribution < 1.29 is 29.4 Å². The van der Waals surface area contributed by atoms with E-state index < -0.39 is 12.0 Å². The normalized spacial score (nSPS) is 24.6. The second-order valence-electron chi connectivity index (χ2n) is 6.50. The number of aliphatic hydroxyl groups excluding tert-OH is 2. The first kappa shape index (κ1) is 18.9. The number of quaternary nitrogens is 1. The molecule has 0 bridgehead atoms. The van der Waals surface area contributed by atoms with E-state index in [-0.39, 0.29) is 36.2 Å². The van der Waals surface area contributed by atoms with Crippen LogP contribution in [0.4, 0.5) is 0 Å². The molecule has 0 aromatic carbocycles. The van der Waals surface area contributed by atoms with Gasteiger partial charge in [0.1, 0.15) is 23.2 Å². The summed E-state index contributed by atoms with van der Waals surface area (Å²) in [4.78, 5) is 24.7. The van der Waals surface area contributed by atoms with Crippen molar-refractivity contribution in [3.63, 3.8) is 0 Å². The molecule has 1 saturated heterocycles. The minimum absolute atomic E-state index is 0.00660. The van der Waals surface area contributed by atoms with Crippen molar-refractivity contribution in [1.29, 1.82) is 0 Å². The van der Waals surface area contributed by atoms with Crippen molar-refractivity contribution in [2.24, 2.45) is 5.73 Å². The van der Waals surface area contributed by atoms with Crippen molar-refractivity contribution in [3.05, 3.63) is 23.4 Å². The monoisotopic (exact) mass is 358 g/mol. The van der Waals surface area contributed by atoms with Gasteiger partial charge in [-0.2, -0.15) is 0 Å². The first-order valence-electron chi connectivity index (χ1n) is 7.62. The van der Waals surface area contributed by atoms with E-state index in [2.05, 4.69) is 0 Å². The number of aliphatic carboxylic acids is 1. The number of β-lactam (4-membered cyclic amide) rings is 1. The third-order valence-electron chi connectivity index (χ3n) is 4.55. The summed E-state index contributed by atoms with van der Waals surface area (Å²) in [7, 11) is 3.75. The molecule has 0 radical (unpaired) electrons. The van der Waals surface area contributed by atoms with E-state index in [9.17, 15) is 24.9 Å². The number of nitrogens with zero attached hydrogens (tertiary/aromatic N) is 2. The maximum atomic E-state index is 11.9. The van der Waals surface area contributed by atoms with E-state index in [0.29, 0.717) is 22.4 Å². The Hall–Kier alpha value is -1.39. The maximum absolute atomic E-state index is 11.9. The third-order valence-corrected chi connectivity index (χ3v) is 5.87. The number of thioether (sulfide) groups is 1. The van der Waals surface area contributed by atoms with Crippen molar-refractivity contribution in [3.8, 4) is 0 Å². The Balaban J connectivity index is 2.18. The van der Waals surface area contributed by atoms with Crippen LogP contribution >= 0.6 is 11.8 Å². The number of hydrogen-bond donors (Lipinski definition) is 4. The molecule has 2 aliphatic heterocycles. The standard InChI is InChI=1S/C15H23N3O5S/c1-18(2,10(6-19)7-20)5-3-4-9-8-24-14-11(16)13(21)17(14)12(9)15(22)23/h3-4,10-11,14,19-20H,5-8,16H2,1-2H3/p+1/b4-3+/t11-,14-/m1/s1. The van der Waals surface area contributed by atoms with Crippen LogP contribution in [0.3, 0.4) is 0 Å². The highest BCUT2D eigenvalue weighted by Gasteiger charge is 2.51. The van der Waals surface area contributed by atoms with Crippen LogP contribution < -0.4 is 5.73 Å². The van der Waals surface area contributed by atoms with Crippen LogP contribution in [0.2, 0.25) is 0 Å². The fourth-order valence-electron chi connectivity index (χ4n) is 2.78. The molecule has 0 unspecified atom stereocenters. The zero-order chi connectivity index (χ0) is 18.1. The number of fused-ring (bicyclic) bond motifs is 1. The van der Waals surface area contributed by atoms with Crippen LogP contribution in [0.25, 0.3) is 0 Å². The Bertz CT molecular complexity index is 586. The molecule has 1 amide bonds. The summed E-state index contributed by atoms with van der Waals surface area (Å²) >= 11 is 1.45. The minimum atomic E-state index is -1.14. The smallest absolute Gasteiger partial charge is 0.352 e. The van der Waals surface area contributed by atoms with E-state index in [1.54, 1.807) is 6.08 Å². The molecule has 5 N–H and O–H groups in total. The zero-order valence-electron chi connectivity index (χ0n) is 13.8. The average Bonchev–Trinajstić information content (AvgIpc) is 2.53. The second kappa shape index (κ2) is 7.24. The lowest BCUT2D eigenvalue weighted by Gasteiger charge is -2.47. The molecule has 0 saturated carbocycles. The molecule has 2 heterocycles. The lowest BCUT2D eigenvalue weighted by Crippen LogP contribution is -2.68. The molecule has 2 aliphatic rings. The molecule has 2 atom stereocenters. The number of likely N-dealkylation sites (N-methyl/N-ethyl adjacent to an activating group) is 1. The van der Waals surface area contributed by atoms with Gasteiger partial charge in [-0.3, -0.25) is 9.69 Å². The van der Waals surface area contributed by atoms with Gasteiger partial charge in [-0.15, -0.1) is 11.8 Å². The van der Waals surface area contributed by atoms with Gasteiger partial charge in [0.2, 0.25) is 5.91 Å². The van der Waals surface area contributed by atoms with Gasteiger partial charge < -0.3 is 25.5 Å². The number of carbonyl (C=O) groups excluding carboxylic acids is 1. The topological polar surface area (TPSA) is 124 Å². The van der Waals surface area contributed by atoms with Crippen LogP contribution in [0.15, 0.2) is 23.4 Å². The number of carbonyl (C=O) groups is 2. The number of rotatable bonds is 7. The Morgan fingerprint density at radius 2 is 2.08 bits per heavy atom. The van der Waals surface area contributed by atoms with Gasteiger partial charge in [0.25, 0.3) is 0 Å². The summed E-state index contributed by atoms with van der Waals surface area (Å²) in [5, 5.41) is 27.8. The Labute approximate surface area is 144 Å². The van der Waals surface area contributed by atoms with Crippen molar-refractivity contribution in [1.82, 2.24) is 4.90 Å². The average molecular weight is 358 g/mol. The van der Waals surface area contributed by atoms with Gasteiger partial charge in [0.05, 0.1) is 33.9 Å². The Kier molecular flexibility index (Phi) is 5.71. The fourth-order valence-corrected chi connectivity index (χ4v) is 4.05. The van der Waals surface area contributed by atoms with Crippen molar-refractivity contribution >= 4 is 23.6 Å². The number of hydrogen-bond acceptors (Lipinski definition) is 6. The Morgan fingerprint density at radius 1 is 1.46 bits per heavy atom. The first-order chi connectivity index (χ1) is 11.2. The summed E-state index contributed by atoms with van der Waals surface area (Å²) in [6, 6.07) is -0.956. The highest BCUT2D eigenvalue weighted by atomic mass is 32.2. The third kappa shape index (κ3) is 3.35. The van der Waals surface area contributed by atoms with Crippen LogP contribution in [-0.2, 0) is 9.59 Å². The van der Waals surface area contributed by atoms with Gasteiger partial charge in [-0.25, -0.2) is 4.79 Å². The lowest BCUT2D eigenvalue weighted by atomic mass is 10.0. The molecule has 0 spiro atoms. The first-order valence-corrected chi connectivity index (χ1v) is 8.67. The quantitative estimate of drug-likeness (QED) is 0.324. The summed E-state index contributed by atoms with van der Waals surface area (Å²) in [5.41, 5.74) is 6.27. The molecule has 24 heavy (non-hydrogen) atoms. The zero-order valence-corrected chi connectivity index (χ0v) is 14.6.